The smallest absolute Gasteiger partial charge is 0.375 e. The van der Waals surface area contributed by atoms with E-state index in [2.05, 4.69) is 0 Å². The van der Waals surface area contributed by atoms with Gasteiger partial charge in [-0.1, -0.05) is 18.2 Å². The molecule has 4 aromatic carbocycles. The highest BCUT2D eigenvalue weighted by molar-refractivity contribution is 7.15. The lowest BCUT2D eigenvalue weighted by Crippen LogP contribution is -2.72. The number of ether oxygens (including phenoxy) is 1. The summed E-state index contributed by atoms with van der Waals surface area (Å²) in [5.74, 6) is -47.5. The van der Waals surface area contributed by atoms with Crippen molar-refractivity contribution in [2.45, 2.75) is 0 Å². The molecule has 0 aliphatic carbocycles. The zero-order chi connectivity index (χ0) is 34.9. The molecule has 0 radical (unpaired) electrons. The van der Waals surface area contributed by atoms with Crippen molar-refractivity contribution in [3.8, 4) is 0 Å². The Morgan fingerprint density at radius 2 is 0.787 bits per heavy atom. The van der Waals surface area contributed by atoms with Crippen molar-refractivity contribution in [2.75, 3.05) is 13.6 Å². The Balaban J connectivity index is 2.10. The summed E-state index contributed by atoms with van der Waals surface area (Å²) in [6.07, 6.45) is -5.87. The number of halogens is 15. The van der Waals surface area contributed by atoms with Crippen LogP contribution >= 0.6 is 0 Å². The standard InChI is InChI=1S/C29H11BF15NO/c1-46-8-10(47-29(46)9-5-3-2-4-6-9)7-30(11-14(31)20(37)26(43)21(38)15(11)32,12-16(33)22(39)27(44)23(40)17(12)34)13-18(35)24(41)28(45)25(42)19(13)36/h2-7H,8H2,1H3/b10-7+. The van der Waals surface area contributed by atoms with Crippen LogP contribution in [0.4, 0.5) is 65.9 Å². The van der Waals surface area contributed by atoms with Crippen LogP contribution in [0.15, 0.2) is 42.1 Å². The largest absolute Gasteiger partial charge is 0.407 e. The molecule has 1 aliphatic heterocycles. The predicted molar refractivity (Wildman–Crippen MR) is 134 cm³/mol. The summed E-state index contributed by atoms with van der Waals surface area (Å²) in [6.45, 7) is -0.798. The molecule has 0 atom stereocenters. The van der Waals surface area contributed by atoms with E-state index in [0.717, 1.165) is 4.58 Å². The van der Waals surface area contributed by atoms with E-state index in [0.29, 0.717) is 0 Å². The van der Waals surface area contributed by atoms with Gasteiger partial charge in [0.25, 0.3) is 0 Å². The first-order chi connectivity index (χ1) is 22.0. The molecule has 1 heterocycles. The van der Waals surface area contributed by atoms with Gasteiger partial charge in [0.15, 0.2) is 58.9 Å². The average molecular weight is 685 g/mol. The number of likely N-dealkylation sites (N-methyl/N-ethyl adjacent to an activating group) is 1. The molecule has 0 N–H and O–H groups in total. The van der Waals surface area contributed by atoms with Gasteiger partial charge in [-0.05, 0) is 12.1 Å². The lowest BCUT2D eigenvalue weighted by atomic mass is 9.15. The predicted octanol–water partition coefficient (Wildman–Crippen LogP) is 5.79. The molecule has 1 aliphatic rings. The molecule has 47 heavy (non-hydrogen) atoms. The minimum absolute atomic E-state index is 0.153. The molecular formula is C29H11BF15NO. The van der Waals surface area contributed by atoms with E-state index >= 15 is 26.3 Å². The van der Waals surface area contributed by atoms with Gasteiger partial charge in [0.2, 0.25) is 0 Å². The zero-order valence-corrected chi connectivity index (χ0v) is 22.8. The summed E-state index contributed by atoms with van der Waals surface area (Å²) in [7, 11) is 1.20. The molecule has 0 fully saturated rings. The molecule has 0 bridgehead atoms. The zero-order valence-electron chi connectivity index (χ0n) is 22.8. The van der Waals surface area contributed by atoms with Gasteiger partial charge >= 0.3 is 5.90 Å². The summed E-state index contributed by atoms with van der Waals surface area (Å²) in [5, 5.41) is 0. The third-order valence-electron chi connectivity index (χ3n) is 7.52. The Hall–Kier alpha value is -4.90. The number of nitrogens with zero attached hydrogens (tertiary/aromatic N) is 1. The van der Waals surface area contributed by atoms with E-state index < -0.39 is 122 Å². The van der Waals surface area contributed by atoms with E-state index in [-0.39, 0.29) is 17.4 Å². The maximum absolute atomic E-state index is 15.6. The molecule has 5 rings (SSSR count). The van der Waals surface area contributed by atoms with Crippen LogP contribution in [0.25, 0.3) is 0 Å². The van der Waals surface area contributed by atoms with E-state index in [1.165, 1.54) is 37.4 Å². The molecule has 0 spiro atoms. The van der Waals surface area contributed by atoms with Crippen LogP contribution in [0.1, 0.15) is 5.56 Å². The summed E-state index contributed by atoms with van der Waals surface area (Å²) in [4.78, 5) is 0. The van der Waals surface area contributed by atoms with Crippen molar-refractivity contribution in [1.82, 2.24) is 0 Å². The minimum Gasteiger partial charge on any atom is -0.407 e. The van der Waals surface area contributed by atoms with Crippen LogP contribution in [-0.2, 0) is 4.74 Å². The van der Waals surface area contributed by atoms with Gasteiger partial charge in [0.05, 0.1) is 5.56 Å². The molecule has 0 unspecified atom stereocenters. The van der Waals surface area contributed by atoms with Gasteiger partial charge in [0.1, 0.15) is 53.9 Å². The van der Waals surface area contributed by atoms with Gasteiger partial charge in [-0.3, -0.25) is 0 Å². The Morgan fingerprint density at radius 1 is 0.489 bits per heavy atom. The Labute approximate surface area is 252 Å². The van der Waals surface area contributed by atoms with Crippen molar-refractivity contribution >= 4 is 28.4 Å². The normalized spacial score (nSPS) is 14.4. The minimum atomic E-state index is -5.87. The first-order valence-electron chi connectivity index (χ1n) is 12.7. The summed E-state index contributed by atoms with van der Waals surface area (Å²) in [5.41, 5.74) is -8.06. The number of benzene rings is 4. The van der Waals surface area contributed by atoms with Crippen molar-refractivity contribution < 1.29 is 75.2 Å². The van der Waals surface area contributed by atoms with E-state index in [9.17, 15) is 39.5 Å². The molecule has 18 heteroatoms. The van der Waals surface area contributed by atoms with Crippen molar-refractivity contribution in [2.24, 2.45) is 0 Å². The Bertz CT molecular complexity index is 1810. The average Bonchev–Trinajstić information content (AvgIpc) is 3.42. The first-order valence-corrected chi connectivity index (χ1v) is 12.7. The molecule has 4 aromatic rings. The van der Waals surface area contributed by atoms with Gasteiger partial charge in [-0.25, -0.2) is 65.9 Å². The first kappa shape index (κ1) is 33.5. The highest BCUT2D eigenvalue weighted by Gasteiger charge is 2.48. The molecule has 2 nitrogen and oxygen atoms in total. The number of hydrogen-bond donors (Lipinski definition) is 0. The lowest BCUT2D eigenvalue weighted by molar-refractivity contribution is -0.482. The van der Waals surface area contributed by atoms with Gasteiger partial charge in [-0.2, -0.15) is 10.6 Å². The fourth-order valence-corrected chi connectivity index (χ4v) is 5.51. The summed E-state index contributed by atoms with van der Waals surface area (Å²) >= 11 is 0. The van der Waals surface area contributed by atoms with Crippen molar-refractivity contribution in [3.05, 3.63) is 135 Å². The molecule has 0 aromatic heterocycles. The second-order valence-corrected chi connectivity index (χ2v) is 10.1. The highest BCUT2D eigenvalue weighted by atomic mass is 19.2. The second kappa shape index (κ2) is 11.7. The Morgan fingerprint density at radius 3 is 1.11 bits per heavy atom. The number of rotatable bonds is 5. The number of hydrogen-bond acceptors (Lipinski definition) is 1. The third-order valence-corrected chi connectivity index (χ3v) is 7.52. The van der Waals surface area contributed by atoms with E-state index in [1.54, 1.807) is 0 Å². The van der Waals surface area contributed by atoms with E-state index in [4.69, 9.17) is 4.74 Å². The van der Waals surface area contributed by atoms with Crippen molar-refractivity contribution in [1.29, 1.82) is 0 Å². The summed E-state index contributed by atoms with van der Waals surface area (Å²) in [6, 6.07) is 7.12. The molecular weight excluding hydrogens is 674 g/mol. The molecule has 0 amide bonds. The quantitative estimate of drug-likeness (QED) is 0.0854. The monoisotopic (exact) mass is 685 g/mol. The van der Waals surface area contributed by atoms with Gasteiger partial charge < -0.3 is 4.74 Å². The fraction of sp³-hybridized carbons (Fsp3) is 0.0690. The van der Waals surface area contributed by atoms with Gasteiger partial charge in [-0.15, -0.1) is 16.4 Å². The molecule has 0 saturated heterocycles. The third kappa shape index (κ3) is 4.83. The van der Waals surface area contributed by atoms with Crippen LogP contribution in [0.5, 0.6) is 0 Å². The second-order valence-electron chi connectivity index (χ2n) is 10.1. The van der Waals surface area contributed by atoms with Crippen LogP contribution in [0.2, 0.25) is 0 Å². The maximum Gasteiger partial charge on any atom is 0.375 e. The van der Waals surface area contributed by atoms with Crippen LogP contribution in [0.3, 0.4) is 0 Å². The summed E-state index contributed by atoms with van der Waals surface area (Å²) < 4.78 is 231. The maximum atomic E-state index is 15.6. The van der Waals surface area contributed by atoms with Crippen LogP contribution in [-0.4, -0.2) is 30.2 Å². The van der Waals surface area contributed by atoms with Crippen LogP contribution < -0.4 is 16.4 Å². The SMILES string of the molecule is C[N+]1=C(c2ccccc2)O/C(=C/[B-](c2c(F)c(F)c(F)c(F)c2F)(c2c(F)c(F)c(F)c(F)c2F)c2c(F)c(F)c(F)c(F)c2F)C1. The lowest BCUT2D eigenvalue weighted by Gasteiger charge is -2.41. The highest BCUT2D eigenvalue weighted by Crippen LogP contribution is 2.30. The van der Waals surface area contributed by atoms with Crippen LogP contribution in [0, 0.1) is 87.3 Å². The fourth-order valence-electron chi connectivity index (χ4n) is 5.51. The molecule has 0 saturated carbocycles. The van der Waals surface area contributed by atoms with Gasteiger partial charge in [0, 0.05) is 0 Å². The topological polar surface area (TPSA) is 12.2 Å². The van der Waals surface area contributed by atoms with E-state index in [1.807, 2.05) is 0 Å². The van der Waals surface area contributed by atoms with Crippen molar-refractivity contribution in [3.63, 3.8) is 0 Å². The molecule has 246 valence electrons. The Kier molecular flexibility index (Phi) is 8.35.